The number of aromatic nitrogens is 2. The molecule has 2 heterocycles. The second-order valence-corrected chi connectivity index (χ2v) is 4.93. The molecule has 0 bridgehead atoms. The van der Waals surface area contributed by atoms with Crippen LogP contribution in [0.15, 0.2) is 64.8 Å². The van der Waals surface area contributed by atoms with Crippen LogP contribution in [0.3, 0.4) is 0 Å². The molecule has 1 aromatic carbocycles. The highest BCUT2D eigenvalue weighted by Crippen LogP contribution is 2.34. The summed E-state index contributed by atoms with van der Waals surface area (Å²) in [5.41, 5.74) is 7.61. The molecule has 0 aliphatic heterocycles. The molecule has 0 spiro atoms. The summed E-state index contributed by atoms with van der Waals surface area (Å²) in [4.78, 5) is 10.5. The molecule has 0 aliphatic carbocycles. The lowest BCUT2D eigenvalue weighted by Gasteiger charge is -2.07. The molecule has 0 aliphatic rings. The summed E-state index contributed by atoms with van der Waals surface area (Å²) in [5, 5.41) is 1.14. The number of nitrogen functional groups attached to an aromatic ring is 1. The number of para-hydroxylation sites is 1. The Morgan fingerprint density at radius 3 is 2.67 bits per heavy atom. The number of benzene rings is 1. The molecule has 3 aromatic rings. The highest BCUT2D eigenvalue weighted by molar-refractivity contribution is 7.99. The lowest BCUT2D eigenvalue weighted by atomic mass is 10.2. The molecule has 0 radical (unpaired) electrons. The molecule has 0 unspecified atom stereocenters. The van der Waals surface area contributed by atoms with Crippen LogP contribution < -0.4 is 5.73 Å². The smallest absolute Gasteiger partial charge is 0.0713 e. The van der Waals surface area contributed by atoms with Crippen molar-refractivity contribution in [3.63, 3.8) is 0 Å². The van der Waals surface area contributed by atoms with Crippen molar-refractivity contribution in [2.24, 2.45) is 0 Å². The van der Waals surface area contributed by atoms with E-state index in [1.54, 1.807) is 24.2 Å². The molecule has 2 aromatic heterocycles. The Morgan fingerprint density at radius 2 is 1.78 bits per heavy atom. The third kappa shape index (κ3) is 2.02. The molecular formula is C14H11N3S. The summed E-state index contributed by atoms with van der Waals surface area (Å²) in [5.74, 6) is 0. The van der Waals surface area contributed by atoms with Crippen molar-refractivity contribution in [2.45, 2.75) is 9.79 Å². The Labute approximate surface area is 109 Å². The van der Waals surface area contributed by atoms with Crippen LogP contribution in [0.2, 0.25) is 0 Å². The van der Waals surface area contributed by atoms with E-state index in [1.165, 1.54) is 0 Å². The second kappa shape index (κ2) is 4.66. The maximum atomic E-state index is 5.91. The van der Waals surface area contributed by atoms with E-state index in [4.69, 9.17) is 5.73 Å². The van der Waals surface area contributed by atoms with Gasteiger partial charge >= 0.3 is 0 Å². The van der Waals surface area contributed by atoms with Gasteiger partial charge < -0.3 is 5.73 Å². The van der Waals surface area contributed by atoms with Crippen LogP contribution in [0.1, 0.15) is 0 Å². The molecule has 3 rings (SSSR count). The van der Waals surface area contributed by atoms with E-state index in [-0.39, 0.29) is 0 Å². The molecule has 0 amide bonds. The van der Waals surface area contributed by atoms with Gasteiger partial charge in [0.1, 0.15) is 0 Å². The maximum absolute atomic E-state index is 5.91. The van der Waals surface area contributed by atoms with E-state index in [1.807, 2.05) is 36.5 Å². The van der Waals surface area contributed by atoms with E-state index in [2.05, 4.69) is 16.0 Å². The highest BCUT2D eigenvalue weighted by atomic mass is 32.2. The van der Waals surface area contributed by atoms with Gasteiger partial charge in [-0.1, -0.05) is 30.0 Å². The molecule has 88 valence electrons. The maximum Gasteiger partial charge on any atom is 0.0713 e. The number of hydrogen-bond acceptors (Lipinski definition) is 4. The topological polar surface area (TPSA) is 51.8 Å². The number of rotatable bonds is 2. The fourth-order valence-electron chi connectivity index (χ4n) is 1.76. The molecule has 0 atom stereocenters. The van der Waals surface area contributed by atoms with Gasteiger partial charge in [0.25, 0.3) is 0 Å². The molecular weight excluding hydrogens is 242 g/mol. The van der Waals surface area contributed by atoms with Crippen LogP contribution in [0.25, 0.3) is 10.9 Å². The first-order valence-electron chi connectivity index (χ1n) is 5.56. The zero-order chi connectivity index (χ0) is 12.4. The highest BCUT2D eigenvalue weighted by Gasteiger charge is 2.05. The normalized spacial score (nSPS) is 10.7. The number of nitrogens with zero attached hydrogens (tertiary/aromatic N) is 2. The molecule has 18 heavy (non-hydrogen) atoms. The average molecular weight is 253 g/mol. The SMILES string of the molecule is Nc1cnccc1Sc1ccnc2ccccc12. The fraction of sp³-hybridized carbons (Fsp3) is 0. The summed E-state index contributed by atoms with van der Waals surface area (Å²) >= 11 is 1.64. The summed E-state index contributed by atoms with van der Waals surface area (Å²) < 4.78 is 0. The lowest BCUT2D eigenvalue weighted by Crippen LogP contribution is -1.89. The first-order valence-corrected chi connectivity index (χ1v) is 6.37. The Hall–Kier alpha value is -2.07. The van der Waals surface area contributed by atoms with Gasteiger partial charge in [-0.2, -0.15) is 0 Å². The van der Waals surface area contributed by atoms with Crippen molar-refractivity contribution >= 4 is 28.4 Å². The monoisotopic (exact) mass is 253 g/mol. The summed E-state index contributed by atoms with van der Waals surface area (Å²) in [7, 11) is 0. The molecule has 0 saturated carbocycles. The standard InChI is InChI=1S/C14H11N3S/c15-11-9-16-7-5-14(11)18-13-6-8-17-12-4-2-1-3-10(12)13/h1-9H,15H2. The lowest BCUT2D eigenvalue weighted by molar-refractivity contribution is 1.26. The van der Waals surface area contributed by atoms with Crippen LogP contribution in [-0.2, 0) is 0 Å². The van der Waals surface area contributed by atoms with Crippen molar-refractivity contribution in [3.05, 3.63) is 55.0 Å². The van der Waals surface area contributed by atoms with Gasteiger partial charge in [0, 0.05) is 27.6 Å². The van der Waals surface area contributed by atoms with Crippen molar-refractivity contribution in [3.8, 4) is 0 Å². The van der Waals surface area contributed by atoms with Crippen molar-refractivity contribution in [1.82, 2.24) is 9.97 Å². The first-order chi connectivity index (χ1) is 8.84. The van der Waals surface area contributed by atoms with Gasteiger partial charge in [-0.15, -0.1) is 0 Å². The van der Waals surface area contributed by atoms with Crippen molar-refractivity contribution < 1.29 is 0 Å². The molecule has 0 fully saturated rings. The van der Waals surface area contributed by atoms with E-state index in [0.29, 0.717) is 5.69 Å². The van der Waals surface area contributed by atoms with Crippen molar-refractivity contribution in [2.75, 3.05) is 5.73 Å². The number of hydrogen-bond donors (Lipinski definition) is 1. The number of nitrogens with two attached hydrogens (primary N) is 1. The van der Waals surface area contributed by atoms with Crippen LogP contribution in [0.5, 0.6) is 0 Å². The van der Waals surface area contributed by atoms with Crippen molar-refractivity contribution in [1.29, 1.82) is 0 Å². The zero-order valence-electron chi connectivity index (χ0n) is 9.58. The summed E-state index contributed by atoms with van der Waals surface area (Å²) in [6.07, 6.45) is 5.25. The summed E-state index contributed by atoms with van der Waals surface area (Å²) in [6.45, 7) is 0. The predicted octanol–water partition coefficient (Wildman–Crippen LogP) is 3.36. The molecule has 3 nitrogen and oxygen atoms in total. The number of anilines is 1. The quantitative estimate of drug-likeness (QED) is 0.760. The number of fused-ring (bicyclic) bond motifs is 1. The van der Waals surface area contributed by atoms with Crippen LogP contribution in [-0.4, -0.2) is 9.97 Å². The van der Waals surface area contributed by atoms with Gasteiger partial charge in [-0.05, 0) is 18.2 Å². The van der Waals surface area contributed by atoms with Crippen LogP contribution in [0, 0.1) is 0 Å². The molecule has 2 N–H and O–H groups in total. The van der Waals surface area contributed by atoms with Crippen LogP contribution in [0.4, 0.5) is 5.69 Å². The van der Waals surface area contributed by atoms with Gasteiger partial charge in [-0.25, -0.2) is 0 Å². The Kier molecular flexibility index (Phi) is 2.86. The van der Waals surface area contributed by atoms with E-state index in [9.17, 15) is 0 Å². The Balaban J connectivity index is 2.08. The molecule has 0 saturated heterocycles. The van der Waals surface area contributed by atoms with E-state index < -0.39 is 0 Å². The average Bonchev–Trinajstić information content (AvgIpc) is 2.42. The minimum absolute atomic E-state index is 0.698. The third-order valence-corrected chi connectivity index (χ3v) is 3.81. The Morgan fingerprint density at radius 1 is 0.944 bits per heavy atom. The Bertz CT molecular complexity index is 692. The summed E-state index contributed by atoms with van der Waals surface area (Å²) in [6, 6.07) is 12.0. The van der Waals surface area contributed by atoms with Crippen LogP contribution >= 0.6 is 11.8 Å². The predicted molar refractivity (Wildman–Crippen MR) is 74.5 cm³/mol. The van der Waals surface area contributed by atoms with E-state index in [0.717, 1.165) is 20.7 Å². The van der Waals surface area contributed by atoms with E-state index >= 15 is 0 Å². The first kappa shape index (κ1) is 11.0. The van der Waals surface area contributed by atoms with Gasteiger partial charge in [0.05, 0.1) is 17.4 Å². The third-order valence-electron chi connectivity index (χ3n) is 2.64. The second-order valence-electron chi connectivity index (χ2n) is 3.84. The van der Waals surface area contributed by atoms with Gasteiger partial charge in [-0.3, -0.25) is 9.97 Å². The van der Waals surface area contributed by atoms with Gasteiger partial charge in [0.15, 0.2) is 0 Å². The minimum atomic E-state index is 0.698. The fourth-order valence-corrected chi connectivity index (χ4v) is 2.71. The zero-order valence-corrected chi connectivity index (χ0v) is 10.4. The molecule has 4 heteroatoms. The largest absolute Gasteiger partial charge is 0.397 e. The number of pyridine rings is 2. The van der Waals surface area contributed by atoms with Gasteiger partial charge in [0.2, 0.25) is 0 Å². The minimum Gasteiger partial charge on any atom is -0.397 e.